The van der Waals surface area contributed by atoms with E-state index in [9.17, 15) is 0 Å². The largest absolute Gasteiger partial charge is 0.385 e. The number of nitrogens with zero attached hydrogens (tertiary/aromatic N) is 2. The van der Waals surface area contributed by atoms with Crippen molar-refractivity contribution in [1.29, 1.82) is 0 Å². The first kappa shape index (κ1) is 17.6. The Morgan fingerprint density at radius 1 is 1.09 bits per heavy atom. The molecule has 0 amide bonds. The highest BCUT2D eigenvalue weighted by Gasteiger charge is 2.28. The number of hydrogen-bond donors (Lipinski definition) is 2. The van der Waals surface area contributed by atoms with E-state index in [4.69, 9.17) is 4.98 Å². The summed E-state index contributed by atoms with van der Waals surface area (Å²) in [5.41, 5.74) is 5.95. The lowest BCUT2D eigenvalue weighted by molar-refractivity contribution is 0.482. The van der Waals surface area contributed by atoms with Crippen molar-refractivity contribution >= 4 is 41.5 Å². The van der Waals surface area contributed by atoms with E-state index in [0.29, 0.717) is 0 Å². The zero-order valence-corrected chi connectivity index (χ0v) is 14.7. The topological polar surface area (TPSA) is 53.6 Å². The second-order valence-electron chi connectivity index (χ2n) is 6.30. The zero-order chi connectivity index (χ0) is 14.4. The molecule has 4 rings (SSSR count). The van der Waals surface area contributed by atoms with Gasteiger partial charge in [-0.1, -0.05) is 13.8 Å². The second-order valence-corrected chi connectivity index (χ2v) is 6.30. The Hall–Kier alpha value is -1.78. The average Bonchev–Trinajstić information content (AvgIpc) is 2.89. The molecule has 1 aromatic carbocycles. The highest BCUT2D eigenvalue weighted by Crippen LogP contribution is 2.38. The molecular weight excluding hydrogens is 331 g/mol. The van der Waals surface area contributed by atoms with Crippen LogP contribution < -0.4 is 5.32 Å². The van der Waals surface area contributed by atoms with Gasteiger partial charge in [-0.3, -0.25) is 4.98 Å². The first-order valence-electron chi connectivity index (χ1n) is 7.32. The molecule has 122 valence electrons. The molecule has 3 heterocycles. The minimum absolute atomic E-state index is 0. The maximum absolute atomic E-state index is 4.72. The van der Waals surface area contributed by atoms with Gasteiger partial charge in [-0.25, -0.2) is 4.98 Å². The predicted octanol–water partition coefficient (Wildman–Crippen LogP) is 4.56. The van der Waals surface area contributed by atoms with Crippen LogP contribution in [0.3, 0.4) is 0 Å². The molecular formula is C17H20Cl2N4. The minimum Gasteiger partial charge on any atom is -0.385 e. The molecule has 0 aliphatic carbocycles. The van der Waals surface area contributed by atoms with Crippen LogP contribution in [0.15, 0.2) is 36.7 Å². The molecule has 23 heavy (non-hydrogen) atoms. The highest BCUT2D eigenvalue weighted by atomic mass is 35.5. The van der Waals surface area contributed by atoms with Crippen LogP contribution in [0.25, 0.3) is 22.4 Å². The van der Waals surface area contributed by atoms with Gasteiger partial charge in [0.2, 0.25) is 0 Å². The number of aromatic amines is 1. The van der Waals surface area contributed by atoms with Crippen molar-refractivity contribution in [1.82, 2.24) is 15.0 Å². The average molecular weight is 351 g/mol. The zero-order valence-electron chi connectivity index (χ0n) is 13.1. The Balaban J connectivity index is 0.000000960. The third kappa shape index (κ3) is 3.01. The summed E-state index contributed by atoms with van der Waals surface area (Å²) in [5.74, 6) is 0.896. The molecule has 0 atom stereocenters. The van der Waals surface area contributed by atoms with Gasteiger partial charge in [0.05, 0.1) is 11.0 Å². The number of hydrogen-bond acceptors (Lipinski definition) is 3. The molecule has 6 heteroatoms. The number of nitrogens with one attached hydrogen (secondary N) is 2. The third-order valence-corrected chi connectivity index (χ3v) is 4.37. The molecule has 0 spiro atoms. The Kier molecular flexibility index (Phi) is 4.87. The Labute approximate surface area is 147 Å². The van der Waals surface area contributed by atoms with Gasteiger partial charge >= 0.3 is 0 Å². The first-order chi connectivity index (χ1) is 10.1. The van der Waals surface area contributed by atoms with Crippen LogP contribution in [0.4, 0.5) is 5.69 Å². The van der Waals surface area contributed by atoms with Crippen molar-refractivity contribution in [2.45, 2.75) is 25.7 Å². The number of H-pyrrole nitrogens is 1. The predicted molar refractivity (Wildman–Crippen MR) is 100.0 cm³/mol. The lowest BCUT2D eigenvalue weighted by Gasteiger charge is -2.33. The fourth-order valence-corrected chi connectivity index (χ4v) is 3.05. The van der Waals surface area contributed by atoms with Gasteiger partial charge in [-0.2, -0.15) is 0 Å². The van der Waals surface area contributed by atoms with Gasteiger partial charge < -0.3 is 10.3 Å². The molecule has 0 radical (unpaired) electrons. The van der Waals surface area contributed by atoms with Gasteiger partial charge in [-0.15, -0.1) is 24.8 Å². The Morgan fingerprint density at radius 3 is 2.57 bits per heavy atom. The SMILES string of the molecule is CC1(C)CCNc2cc3nc(-c4ccncc4)[nH]c3cc21.Cl.Cl. The summed E-state index contributed by atoms with van der Waals surface area (Å²) in [6.45, 7) is 5.63. The fraction of sp³-hybridized carbons (Fsp3) is 0.294. The Bertz CT molecular complexity index is 812. The summed E-state index contributed by atoms with van der Waals surface area (Å²) in [6, 6.07) is 8.35. The normalized spacial score (nSPS) is 15.0. The molecule has 3 aromatic rings. The van der Waals surface area contributed by atoms with E-state index in [0.717, 1.165) is 35.4 Å². The number of halogens is 2. The number of rotatable bonds is 1. The standard InChI is InChI=1S/C17H18N4.2ClH/c1-17(2)5-8-19-13-10-15-14(9-12(13)17)20-16(21-15)11-3-6-18-7-4-11;;/h3-4,6-7,9-10,19H,5,8H2,1-2H3,(H,20,21);2*1H. The van der Waals surface area contributed by atoms with Gasteiger partial charge in [0, 0.05) is 30.2 Å². The summed E-state index contributed by atoms with van der Waals surface area (Å²) < 4.78 is 0. The van der Waals surface area contributed by atoms with E-state index in [1.807, 2.05) is 12.1 Å². The quantitative estimate of drug-likeness (QED) is 0.676. The van der Waals surface area contributed by atoms with E-state index < -0.39 is 0 Å². The van der Waals surface area contributed by atoms with Crippen LogP contribution in [0, 0.1) is 0 Å². The summed E-state index contributed by atoms with van der Waals surface area (Å²) in [4.78, 5) is 12.2. The molecule has 4 nitrogen and oxygen atoms in total. The number of pyridine rings is 1. The fourth-order valence-electron chi connectivity index (χ4n) is 3.05. The smallest absolute Gasteiger partial charge is 0.138 e. The molecule has 0 bridgehead atoms. The van der Waals surface area contributed by atoms with Gasteiger partial charge in [0.25, 0.3) is 0 Å². The van der Waals surface area contributed by atoms with Crippen molar-refractivity contribution in [2.24, 2.45) is 0 Å². The van der Waals surface area contributed by atoms with E-state index in [-0.39, 0.29) is 30.2 Å². The molecule has 2 N–H and O–H groups in total. The van der Waals surface area contributed by atoms with Crippen molar-refractivity contribution in [3.8, 4) is 11.4 Å². The number of anilines is 1. The van der Waals surface area contributed by atoms with E-state index in [1.54, 1.807) is 12.4 Å². The summed E-state index contributed by atoms with van der Waals surface area (Å²) in [7, 11) is 0. The van der Waals surface area contributed by atoms with E-state index in [1.165, 1.54) is 11.3 Å². The molecule has 1 aliphatic heterocycles. The van der Waals surface area contributed by atoms with Crippen LogP contribution >= 0.6 is 24.8 Å². The summed E-state index contributed by atoms with van der Waals surface area (Å²) in [6.07, 6.45) is 4.73. The monoisotopic (exact) mass is 350 g/mol. The molecule has 2 aromatic heterocycles. The minimum atomic E-state index is 0. The molecule has 0 unspecified atom stereocenters. The van der Waals surface area contributed by atoms with Gasteiger partial charge in [0.15, 0.2) is 0 Å². The van der Waals surface area contributed by atoms with Crippen LogP contribution in [-0.2, 0) is 5.41 Å². The van der Waals surface area contributed by atoms with Crippen molar-refractivity contribution < 1.29 is 0 Å². The first-order valence-corrected chi connectivity index (χ1v) is 7.32. The number of benzene rings is 1. The maximum Gasteiger partial charge on any atom is 0.138 e. The van der Waals surface area contributed by atoms with E-state index in [2.05, 4.69) is 41.3 Å². The van der Waals surface area contributed by atoms with Crippen molar-refractivity contribution in [3.63, 3.8) is 0 Å². The summed E-state index contributed by atoms with van der Waals surface area (Å²) in [5, 5.41) is 3.50. The van der Waals surface area contributed by atoms with Crippen LogP contribution in [-0.4, -0.2) is 21.5 Å². The maximum atomic E-state index is 4.72. The lowest BCUT2D eigenvalue weighted by Crippen LogP contribution is -2.28. The summed E-state index contributed by atoms with van der Waals surface area (Å²) >= 11 is 0. The van der Waals surface area contributed by atoms with Gasteiger partial charge in [0.1, 0.15) is 5.82 Å². The van der Waals surface area contributed by atoms with Crippen LogP contribution in [0.2, 0.25) is 0 Å². The van der Waals surface area contributed by atoms with Crippen LogP contribution in [0.5, 0.6) is 0 Å². The lowest BCUT2D eigenvalue weighted by atomic mass is 9.78. The molecule has 0 saturated carbocycles. The van der Waals surface area contributed by atoms with Crippen LogP contribution in [0.1, 0.15) is 25.8 Å². The number of imidazole rings is 1. The Morgan fingerprint density at radius 2 is 1.83 bits per heavy atom. The number of fused-ring (bicyclic) bond motifs is 2. The number of aromatic nitrogens is 3. The third-order valence-electron chi connectivity index (χ3n) is 4.37. The highest BCUT2D eigenvalue weighted by molar-refractivity contribution is 5.86. The van der Waals surface area contributed by atoms with E-state index >= 15 is 0 Å². The van der Waals surface area contributed by atoms with Crippen molar-refractivity contribution in [3.05, 3.63) is 42.2 Å². The molecule has 1 aliphatic rings. The van der Waals surface area contributed by atoms with Crippen molar-refractivity contribution in [2.75, 3.05) is 11.9 Å². The van der Waals surface area contributed by atoms with Gasteiger partial charge in [-0.05, 0) is 41.7 Å². The molecule has 0 saturated heterocycles. The second kappa shape index (κ2) is 6.38. The molecule has 0 fully saturated rings.